The van der Waals surface area contributed by atoms with Gasteiger partial charge in [-0.1, -0.05) is 56.3 Å². The third-order valence-corrected chi connectivity index (χ3v) is 5.77. The maximum absolute atomic E-state index is 12.6. The molecule has 2 heterocycles. The molecule has 1 aliphatic heterocycles. The lowest BCUT2D eigenvalue weighted by molar-refractivity contribution is -0.110. The first kappa shape index (κ1) is 21.6. The standard InChI is InChI=1S/C26H28N4O2/c1-3-30(4-2)15-14-27-26(32)23-13-11-20(28-23)17-22-21-12-10-19(16-24(21)29-25(22)31)18-8-6-5-7-9-18/h5-13,16-17,28H,3-4,14-15H2,1-2H3,(H,27,32)(H,29,31). The number of anilines is 1. The van der Waals surface area contributed by atoms with Crippen molar-refractivity contribution in [2.24, 2.45) is 0 Å². The summed E-state index contributed by atoms with van der Waals surface area (Å²) in [5.74, 6) is -0.296. The summed E-state index contributed by atoms with van der Waals surface area (Å²) < 4.78 is 0. The van der Waals surface area contributed by atoms with Crippen LogP contribution in [0.15, 0.2) is 60.7 Å². The summed E-state index contributed by atoms with van der Waals surface area (Å²) in [4.78, 5) is 30.4. The van der Waals surface area contributed by atoms with Gasteiger partial charge in [0.05, 0.1) is 5.57 Å². The number of carbonyl (C=O) groups is 2. The molecule has 0 saturated carbocycles. The molecule has 32 heavy (non-hydrogen) atoms. The highest BCUT2D eigenvalue weighted by Gasteiger charge is 2.24. The molecular formula is C26H28N4O2. The monoisotopic (exact) mass is 428 g/mol. The van der Waals surface area contributed by atoms with E-state index in [0.717, 1.165) is 42.0 Å². The average Bonchev–Trinajstić information content (AvgIpc) is 3.41. The van der Waals surface area contributed by atoms with Gasteiger partial charge in [0, 0.05) is 30.0 Å². The van der Waals surface area contributed by atoms with Gasteiger partial charge in [-0.25, -0.2) is 0 Å². The number of benzene rings is 2. The summed E-state index contributed by atoms with van der Waals surface area (Å²) in [6.45, 7) is 7.55. The molecule has 0 saturated heterocycles. The number of aromatic nitrogens is 1. The summed E-state index contributed by atoms with van der Waals surface area (Å²) in [6.07, 6.45) is 1.79. The van der Waals surface area contributed by atoms with Crippen molar-refractivity contribution in [1.29, 1.82) is 0 Å². The zero-order chi connectivity index (χ0) is 22.5. The maximum Gasteiger partial charge on any atom is 0.267 e. The predicted octanol–water partition coefficient (Wildman–Crippen LogP) is 4.25. The van der Waals surface area contributed by atoms with Crippen molar-refractivity contribution in [2.75, 3.05) is 31.5 Å². The van der Waals surface area contributed by atoms with Crippen LogP contribution in [0, 0.1) is 0 Å². The Bertz CT molecular complexity index is 1140. The number of hydrogen-bond donors (Lipinski definition) is 3. The van der Waals surface area contributed by atoms with E-state index >= 15 is 0 Å². The minimum Gasteiger partial charge on any atom is -0.351 e. The fourth-order valence-corrected chi connectivity index (χ4v) is 3.89. The molecule has 2 aromatic carbocycles. The van der Waals surface area contributed by atoms with Crippen molar-refractivity contribution in [1.82, 2.24) is 15.2 Å². The summed E-state index contributed by atoms with van der Waals surface area (Å²) in [5, 5.41) is 5.89. The van der Waals surface area contributed by atoms with Crippen molar-refractivity contribution in [2.45, 2.75) is 13.8 Å². The molecule has 2 amide bonds. The van der Waals surface area contributed by atoms with E-state index in [1.165, 1.54) is 0 Å². The van der Waals surface area contributed by atoms with Crippen molar-refractivity contribution in [3.05, 3.63) is 77.6 Å². The van der Waals surface area contributed by atoms with Crippen LogP contribution in [0.2, 0.25) is 0 Å². The number of nitrogens with zero attached hydrogens (tertiary/aromatic N) is 1. The molecule has 164 valence electrons. The maximum atomic E-state index is 12.6. The highest BCUT2D eigenvalue weighted by Crippen LogP contribution is 2.36. The normalized spacial score (nSPS) is 14.0. The number of hydrogen-bond acceptors (Lipinski definition) is 3. The van der Waals surface area contributed by atoms with Crippen molar-refractivity contribution < 1.29 is 9.59 Å². The van der Waals surface area contributed by atoms with Gasteiger partial charge in [-0.15, -0.1) is 0 Å². The second-order valence-corrected chi connectivity index (χ2v) is 7.75. The van der Waals surface area contributed by atoms with Gasteiger partial charge in [-0.2, -0.15) is 0 Å². The molecule has 6 heteroatoms. The highest BCUT2D eigenvalue weighted by atomic mass is 16.2. The Labute approximate surface area is 188 Å². The van der Waals surface area contributed by atoms with Crippen LogP contribution in [-0.2, 0) is 4.79 Å². The fraction of sp³-hybridized carbons (Fsp3) is 0.231. The molecule has 0 spiro atoms. The molecule has 3 N–H and O–H groups in total. The van der Waals surface area contributed by atoms with E-state index in [9.17, 15) is 9.59 Å². The van der Waals surface area contributed by atoms with Crippen LogP contribution in [0.25, 0.3) is 22.8 Å². The minimum atomic E-state index is -0.148. The largest absolute Gasteiger partial charge is 0.351 e. The average molecular weight is 429 g/mol. The highest BCUT2D eigenvalue weighted by molar-refractivity contribution is 6.35. The van der Waals surface area contributed by atoms with E-state index < -0.39 is 0 Å². The van der Waals surface area contributed by atoms with E-state index in [4.69, 9.17) is 0 Å². The number of fused-ring (bicyclic) bond motifs is 1. The van der Waals surface area contributed by atoms with Gasteiger partial charge in [0.15, 0.2) is 0 Å². The summed E-state index contributed by atoms with van der Waals surface area (Å²) >= 11 is 0. The third-order valence-electron chi connectivity index (χ3n) is 5.77. The number of likely N-dealkylation sites (N-methyl/N-ethyl adjacent to an activating group) is 1. The number of amides is 2. The SMILES string of the molecule is CCN(CC)CCNC(=O)c1ccc(C=C2C(=O)Nc3cc(-c4ccccc4)ccc32)[nH]1. The third kappa shape index (κ3) is 4.65. The first-order valence-corrected chi connectivity index (χ1v) is 11.0. The first-order valence-electron chi connectivity index (χ1n) is 11.0. The lowest BCUT2D eigenvalue weighted by Crippen LogP contribution is -2.34. The molecular weight excluding hydrogens is 400 g/mol. The van der Waals surface area contributed by atoms with Gasteiger partial charge in [-0.05, 0) is 48.5 Å². The number of nitrogens with one attached hydrogen (secondary N) is 3. The molecule has 4 rings (SSSR count). The summed E-state index contributed by atoms with van der Waals surface area (Å²) in [7, 11) is 0. The number of H-pyrrole nitrogens is 1. The Kier molecular flexibility index (Phi) is 6.52. The zero-order valence-electron chi connectivity index (χ0n) is 18.4. The molecule has 1 aliphatic rings. The van der Waals surface area contributed by atoms with Crippen LogP contribution in [0.5, 0.6) is 0 Å². The van der Waals surface area contributed by atoms with Gasteiger partial charge in [0.2, 0.25) is 0 Å². The second-order valence-electron chi connectivity index (χ2n) is 7.75. The Morgan fingerprint density at radius 3 is 2.53 bits per heavy atom. The first-order chi connectivity index (χ1) is 15.6. The predicted molar refractivity (Wildman–Crippen MR) is 129 cm³/mol. The van der Waals surface area contributed by atoms with Crippen LogP contribution in [0.4, 0.5) is 5.69 Å². The van der Waals surface area contributed by atoms with E-state index in [2.05, 4.69) is 34.4 Å². The van der Waals surface area contributed by atoms with E-state index in [0.29, 0.717) is 23.5 Å². The lowest BCUT2D eigenvalue weighted by Gasteiger charge is -2.17. The molecule has 0 radical (unpaired) electrons. The lowest BCUT2D eigenvalue weighted by atomic mass is 10.00. The van der Waals surface area contributed by atoms with Gasteiger partial charge in [0.1, 0.15) is 5.69 Å². The van der Waals surface area contributed by atoms with Crippen molar-refractivity contribution in [3.63, 3.8) is 0 Å². The van der Waals surface area contributed by atoms with E-state index in [-0.39, 0.29) is 11.8 Å². The Balaban J connectivity index is 1.48. The van der Waals surface area contributed by atoms with Crippen molar-refractivity contribution in [3.8, 4) is 11.1 Å². The molecule has 0 unspecified atom stereocenters. The molecule has 0 aliphatic carbocycles. The minimum absolute atomic E-state index is 0.148. The van der Waals surface area contributed by atoms with E-state index in [1.807, 2.05) is 54.6 Å². The molecule has 0 fully saturated rings. The topological polar surface area (TPSA) is 77.2 Å². The zero-order valence-corrected chi connectivity index (χ0v) is 18.4. The van der Waals surface area contributed by atoms with Crippen molar-refractivity contribution >= 4 is 29.2 Å². The van der Waals surface area contributed by atoms with Gasteiger partial charge in [0.25, 0.3) is 11.8 Å². The van der Waals surface area contributed by atoms with Gasteiger partial charge < -0.3 is 20.5 Å². The summed E-state index contributed by atoms with van der Waals surface area (Å²) in [6, 6.07) is 19.6. The number of aromatic amines is 1. The van der Waals surface area contributed by atoms with Crippen LogP contribution in [0.1, 0.15) is 35.6 Å². The molecule has 6 nitrogen and oxygen atoms in total. The molecule has 0 bridgehead atoms. The fourth-order valence-electron chi connectivity index (χ4n) is 3.89. The van der Waals surface area contributed by atoms with Crippen LogP contribution >= 0.6 is 0 Å². The Morgan fingerprint density at radius 2 is 1.78 bits per heavy atom. The van der Waals surface area contributed by atoms with E-state index in [1.54, 1.807) is 12.1 Å². The Hall–Kier alpha value is -3.64. The number of rotatable bonds is 8. The van der Waals surface area contributed by atoms with Crippen LogP contribution < -0.4 is 10.6 Å². The smallest absolute Gasteiger partial charge is 0.267 e. The quantitative estimate of drug-likeness (QED) is 0.470. The number of carbonyl (C=O) groups excluding carboxylic acids is 2. The molecule has 1 aromatic heterocycles. The van der Waals surface area contributed by atoms with Gasteiger partial charge in [-0.3, -0.25) is 9.59 Å². The van der Waals surface area contributed by atoms with Crippen LogP contribution in [-0.4, -0.2) is 47.9 Å². The molecule has 0 atom stereocenters. The molecule has 3 aromatic rings. The van der Waals surface area contributed by atoms with Crippen LogP contribution in [0.3, 0.4) is 0 Å². The summed E-state index contributed by atoms with van der Waals surface area (Å²) in [5.41, 5.74) is 5.57. The Morgan fingerprint density at radius 1 is 1.00 bits per heavy atom. The van der Waals surface area contributed by atoms with Gasteiger partial charge >= 0.3 is 0 Å². The second kappa shape index (κ2) is 9.66.